The summed E-state index contributed by atoms with van der Waals surface area (Å²) in [5.41, 5.74) is 17.2. The summed E-state index contributed by atoms with van der Waals surface area (Å²) in [4.78, 5) is 33.4. The lowest BCUT2D eigenvalue weighted by Gasteiger charge is -2.11. The van der Waals surface area contributed by atoms with Gasteiger partial charge in [-0.1, -0.05) is 50.2 Å². The van der Waals surface area contributed by atoms with Crippen LogP contribution in [0.1, 0.15) is 95.6 Å². The Labute approximate surface area is 308 Å². The number of nitrogens with one attached hydrogen (secondary N) is 2. The molecule has 2 aromatic heterocycles. The van der Waals surface area contributed by atoms with Gasteiger partial charge in [0.05, 0.1) is 17.7 Å². The fourth-order valence-corrected chi connectivity index (χ4v) is 4.58. The Morgan fingerprint density at radius 2 is 1.15 bits per heavy atom. The van der Waals surface area contributed by atoms with Crippen LogP contribution >= 0.6 is 0 Å². The van der Waals surface area contributed by atoms with E-state index in [0.717, 1.165) is 54.6 Å². The van der Waals surface area contributed by atoms with Crippen LogP contribution in [0.25, 0.3) is 0 Å². The van der Waals surface area contributed by atoms with Crippen LogP contribution in [0.2, 0.25) is 0 Å². The van der Waals surface area contributed by atoms with Gasteiger partial charge in [-0.05, 0) is 88.1 Å². The number of unbranched alkanes of at least 4 members (excludes halogenated alkanes) is 3. The first-order valence-electron chi connectivity index (χ1n) is 17.5. The molecule has 0 aliphatic carbocycles. The number of hydrogen-bond acceptors (Lipinski definition) is 8. The minimum absolute atomic E-state index is 0.223. The molecule has 0 saturated carbocycles. The number of amides is 2. The van der Waals surface area contributed by atoms with E-state index in [4.69, 9.17) is 20.9 Å². The summed E-state index contributed by atoms with van der Waals surface area (Å²) in [6.45, 7) is 12.6. The number of rotatable bonds is 12. The molecule has 0 saturated heterocycles. The van der Waals surface area contributed by atoms with Crippen molar-refractivity contribution in [1.29, 1.82) is 0 Å². The van der Waals surface area contributed by atoms with Crippen LogP contribution in [-0.4, -0.2) is 35.0 Å². The Hall–Kier alpha value is -6.00. The van der Waals surface area contributed by atoms with Gasteiger partial charge in [0, 0.05) is 54.2 Å². The molecule has 272 valence electrons. The summed E-state index contributed by atoms with van der Waals surface area (Å²) in [6, 6.07) is 18.0. The molecule has 0 bridgehead atoms. The molecule has 0 fully saturated rings. The van der Waals surface area contributed by atoms with Gasteiger partial charge < -0.3 is 31.6 Å². The predicted octanol–water partition coefficient (Wildman–Crippen LogP) is 8.21. The summed E-state index contributed by atoms with van der Waals surface area (Å²) in [5, 5.41) is 5.67. The van der Waals surface area contributed by atoms with Crippen LogP contribution in [-0.2, 0) is 0 Å². The average Bonchev–Trinajstić information content (AvgIpc) is 3.11. The van der Waals surface area contributed by atoms with E-state index in [-0.39, 0.29) is 23.5 Å². The standard InChI is InChI=1S/2C21H25N3O2/c2*1-4-5-6-7-8-12-26-18-11-9-10-17(14-18)24-21(25)19-13-15(2)16(3)23-20(19)22/h9-11,13-14H,4-5,8,12H2,1-3H3,(H2,22,23)(H,24,25);9-11,13-14H,4-6,12H2,1-3H3,(H2,22,23)(H,24,25). The van der Waals surface area contributed by atoms with Crippen molar-refractivity contribution < 1.29 is 19.1 Å². The number of nitrogens with zero attached hydrogens (tertiary/aromatic N) is 2. The molecule has 0 spiro atoms. The van der Waals surface area contributed by atoms with Gasteiger partial charge in [0.15, 0.2) is 0 Å². The Bertz CT molecular complexity index is 1950. The minimum atomic E-state index is -0.297. The van der Waals surface area contributed by atoms with Crippen molar-refractivity contribution in [1.82, 2.24) is 9.97 Å². The highest BCUT2D eigenvalue weighted by Gasteiger charge is 2.14. The van der Waals surface area contributed by atoms with Crippen molar-refractivity contribution in [2.24, 2.45) is 0 Å². The molecule has 2 heterocycles. The monoisotopic (exact) mass is 702 g/mol. The number of nitrogens with two attached hydrogens (primary N) is 2. The first-order valence-corrected chi connectivity index (χ1v) is 17.5. The summed E-state index contributed by atoms with van der Waals surface area (Å²) >= 11 is 0. The zero-order valence-electron chi connectivity index (χ0n) is 31.1. The number of ether oxygens (including phenoxy) is 2. The van der Waals surface area contributed by atoms with Crippen molar-refractivity contribution in [2.75, 3.05) is 35.3 Å². The molecular formula is C42H50N6O4. The number of aryl methyl sites for hydroxylation is 4. The van der Waals surface area contributed by atoms with Crippen molar-refractivity contribution in [3.05, 3.63) is 94.3 Å². The van der Waals surface area contributed by atoms with Gasteiger partial charge >= 0.3 is 0 Å². The third-order valence-corrected chi connectivity index (χ3v) is 7.75. The molecule has 0 unspecified atom stereocenters. The number of carbonyl (C=O) groups is 2. The fraction of sp³-hybridized carbons (Fsp3) is 0.333. The van der Waals surface area contributed by atoms with E-state index in [1.54, 1.807) is 36.4 Å². The molecule has 0 aliphatic rings. The van der Waals surface area contributed by atoms with Gasteiger partial charge in [0.25, 0.3) is 11.8 Å². The van der Waals surface area contributed by atoms with E-state index in [0.29, 0.717) is 53.6 Å². The lowest BCUT2D eigenvalue weighted by atomic mass is 10.1. The van der Waals surface area contributed by atoms with Crippen LogP contribution in [0, 0.1) is 51.4 Å². The molecule has 52 heavy (non-hydrogen) atoms. The minimum Gasteiger partial charge on any atom is -0.493 e. The number of aromatic nitrogens is 2. The highest BCUT2D eigenvalue weighted by molar-refractivity contribution is 6.08. The number of pyridine rings is 2. The first-order chi connectivity index (χ1) is 25.0. The Balaban J connectivity index is 0.000000280. The maximum absolute atomic E-state index is 12.5. The number of carbonyl (C=O) groups excluding carboxylic acids is 2. The van der Waals surface area contributed by atoms with E-state index < -0.39 is 0 Å². The third kappa shape index (κ3) is 13.4. The number of benzene rings is 2. The molecule has 10 nitrogen and oxygen atoms in total. The highest BCUT2D eigenvalue weighted by Crippen LogP contribution is 2.22. The molecule has 10 heteroatoms. The molecule has 6 N–H and O–H groups in total. The van der Waals surface area contributed by atoms with E-state index in [1.165, 1.54) is 0 Å². The summed E-state index contributed by atoms with van der Waals surface area (Å²) in [7, 11) is 0. The SMILES string of the molecule is CCCC#CCCOc1cccc(NC(=O)c2cc(C)c(C)nc2N)c1.CCCCC#CCOc1cccc(NC(=O)c2cc(C)c(C)nc2N)c1. The van der Waals surface area contributed by atoms with Gasteiger partial charge in [0.1, 0.15) is 29.7 Å². The topological polar surface area (TPSA) is 154 Å². The Morgan fingerprint density at radius 3 is 1.67 bits per heavy atom. The molecule has 0 radical (unpaired) electrons. The summed E-state index contributed by atoms with van der Waals surface area (Å²) in [5.74, 6) is 13.4. The van der Waals surface area contributed by atoms with Crippen LogP contribution in [0.4, 0.5) is 23.0 Å². The van der Waals surface area contributed by atoms with E-state index in [9.17, 15) is 9.59 Å². The van der Waals surface area contributed by atoms with Crippen LogP contribution in [0.15, 0.2) is 60.7 Å². The van der Waals surface area contributed by atoms with Crippen LogP contribution < -0.4 is 31.6 Å². The normalized spacial score (nSPS) is 9.96. The summed E-state index contributed by atoms with van der Waals surface area (Å²) < 4.78 is 11.3. The largest absolute Gasteiger partial charge is 0.493 e. The molecule has 0 atom stereocenters. The maximum Gasteiger partial charge on any atom is 0.259 e. The van der Waals surface area contributed by atoms with Crippen LogP contribution in [0.3, 0.4) is 0 Å². The molecule has 2 aromatic carbocycles. The van der Waals surface area contributed by atoms with Crippen LogP contribution in [0.5, 0.6) is 11.5 Å². The van der Waals surface area contributed by atoms with Gasteiger partial charge in [-0.15, -0.1) is 5.92 Å². The van der Waals surface area contributed by atoms with Gasteiger partial charge in [0.2, 0.25) is 0 Å². The molecule has 4 aromatic rings. The average molecular weight is 703 g/mol. The molecule has 2 amide bonds. The third-order valence-electron chi connectivity index (χ3n) is 7.75. The number of hydrogen-bond donors (Lipinski definition) is 4. The van der Waals surface area contributed by atoms with Crippen molar-refractivity contribution in [3.63, 3.8) is 0 Å². The number of anilines is 4. The lowest BCUT2D eigenvalue weighted by Crippen LogP contribution is -2.16. The summed E-state index contributed by atoms with van der Waals surface area (Å²) in [6.07, 6.45) is 5.79. The molecule has 0 aliphatic heterocycles. The smallest absolute Gasteiger partial charge is 0.259 e. The van der Waals surface area contributed by atoms with Crippen molar-refractivity contribution in [3.8, 4) is 35.2 Å². The van der Waals surface area contributed by atoms with Crippen molar-refractivity contribution >= 4 is 34.8 Å². The Kier molecular flexibility index (Phi) is 16.5. The van der Waals surface area contributed by atoms with E-state index in [1.807, 2.05) is 52.0 Å². The number of nitrogen functional groups attached to an aromatic ring is 2. The zero-order chi connectivity index (χ0) is 37.9. The maximum atomic E-state index is 12.5. The fourth-order valence-electron chi connectivity index (χ4n) is 4.58. The zero-order valence-corrected chi connectivity index (χ0v) is 31.1. The second-order valence-electron chi connectivity index (χ2n) is 12.1. The molecule has 4 rings (SSSR count). The quantitative estimate of drug-likeness (QED) is 0.0851. The second-order valence-corrected chi connectivity index (χ2v) is 12.1. The van der Waals surface area contributed by atoms with E-state index in [2.05, 4.69) is 58.1 Å². The highest BCUT2D eigenvalue weighted by atomic mass is 16.5. The van der Waals surface area contributed by atoms with Gasteiger partial charge in [-0.3, -0.25) is 9.59 Å². The van der Waals surface area contributed by atoms with Gasteiger partial charge in [-0.25, -0.2) is 9.97 Å². The van der Waals surface area contributed by atoms with Gasteiger partial charge in [-0.2, -0.15) is 0 Å². The lowest BCUT2D eigenvalue weighted by molar-refractivity contribution is 0.101. The van der Waals surface area contributed by atoms with E-state index >= 15 is 0 Å². The Morgan fingerprint density at radius 1 is 0.654 bits per heavy atom. The second kappa shape index (κ2) is 21.3. The van der Waals surface area contributed by atoms with Crippen molar-refractivity contribution in [2.45, 2.75) is 80.1 Å². The molecular weight excluding hydrogens is 652 g/mol. The predicted molar refractivity (Wildman–Crippen MR) is 211 cm³/mol. The first kappa shape index (κ1) is 40.4.